The van der Waals surface area contributed by atoms with E-state index in [0.29, 0.717) is 17.0 Å². The summed E-state index contributed by atoms with van der Waals surface area (Å²) in [5.74, 6) is -0.754. The number of carbonyl (C=O) groups is 1. The smallest absolute Gasteiger partial charge is 0.251 e. The number of imidazole rings is 1. The number of aromatic amines is 1. The zero-order valence-corrected chi connectivity index (χ0v) is 11.9. The normalized spacial score (nSPS) is 16.6. The lowest BCUT2D eigenvalue weighted by Crippen LogP contribution is -2.26. The van der Waals surface area contributed by atoms with Crippen molar-refractivity contribution in [1.82, 2.24) is 19.9 Å². The Balaban J connectivity index is 1.91. The average molecular weight is 301 g/mol. The molecule has 0 saturated carbocycles. The first-order valence-electron chi connectivity index (χ1n) is 7.35. The molecule has 0 spiro atoms. The highest BCUT2D eigenvalue weighted by Gasteiger charge is 2.21. The molecule has 0 atom stereocenters. The number of primary amides is 1. The van der Waals surface area contributed by atoms with Crippen LogP contribution in [0.2, 0.25) is 0 Å². The van der Waals surface area contributed by atoms with Crippen LogP contribution in [-0.2, 0) is 0 Å². The molecule has 6 nitrogen and oxygen atoms in total. The molecule has 0 radical (unpaired) electrons. The second-order valence-electron chi connectivity index (χ2n) is 5.73. The first-order valence-corrected chi connectivity index (χ1v) is 7.35. The summed E-state index contributed by atoms with van der Waals surface area (Å²) in [7, 11) is 0. The van der Waals surface area contributed by atoms with Crippen molar-refractivity contribution in [3.63, 3.8) is 0 Å². The molecule has 22 heavy (non-hydrogen) atoms. The highest BCUT2D eigenvalue weighted by atomic mass is 19.1. The van der Waals surface area contributed by atoms with Crippen molar-refractivity contribution < 1.29 is 9.18 Å². The van der Waals surface area contributed by atoms with Crippen LogP contribution in [0.4, 0.5) is 4.39 Å². The molecule has 114 valence electrons. The van der Waals surface area contributed by atoms with Gasteiger partial charge in [0.05, 0.1) is 16.8 Å². The van der Waals surface area contributed by atoms with E-state index in [9.17, 15) is 9.18 Å². The second-order valence-corrected chi connectivity index (χ2v) is 5.73. The molecule has 2 aromatic heterocycles. The van der Waals surface area contributed by atoms with Crippen molar-refractivity contribution in [2.75, 3.05) is 13.1 Å². The molecule has 0 aliphatic carbocycles. The van der Waals surface area contributed by atoms with Gasteiger partial charge in [-0.3, -0.25) is 4.79 Å². The summed E-state index contributed by atoms with van der Waals surface area (Å²) >= 11 is 0. The third kappa shape index (κ3) is 1.97. The van der Waals surface area contributed by atoms with Gasteiger partial charge in [-0.05, 0) is 38.1 Å². The molecule has 1 aliphatic rings. The summed E-state index contributed by atoms with van der Waals surface area (Å²) < 4.78 is 15.3. The summed E-state index contributed by atoms with van der Waals surface area (Å²) in [5.41, 5.74) is 8.31. The van der Waals surface area contributed by atoms with Gasteiger partial charge in [0.1, 0.15) is 17.0 Å². The topological polar surface area (TPSA) is 88.2 Å². The van der Waals surface area contributed by atoms with Crippen molar-refractivity contribution in [1.29, 1.82) is 0 Å². The van der Waals surface area contributed by atoms with Gasteiger partial charge in [0, 0.05) is 12.0 Å². The van der Waals surface area contributed by atoms with Gasteiger partial charge in [0.25, 0.3) is 5.91 Å². The van der Waals surface area contributed by atoms with E-state index in [1.165, 1.54) is 6.07 Å². The van der Waals surface area contributed by atoms with E-state index in [4.69, 9.17) is 5.73 Å². The Labute approximate surface area is 125 Å². The number of benzene rings is 1. The Morgan fingerprint density at radius 1 is 1.32 bits per heavy atom. The van der Waals surface area contributed by atoms with Crippen LogP contribution in [0.1, 0.15) is 34.8 Å². The fourth-order valence-electron chi connectivity index (χ4n) is 3.22. The van der Waals surface area contributed by atoms with Gasteiger partial charge < -0.3 is 16.0 Å². The highest BCUT2D eigenvalue weighted by Crippen LogP contribution is 2.28. The number of amides is 1. The summed E-state index contributed by atoms with van der Waals surface area (Å²) in [6.07, 6.45) is 2.07. The minimum Gasteiger partial charge on any atom is -0.366 e. The predicted molar refractivity (Wildman–Crippen MR) is 80.4 cm³/mol. The Bertz CT molecular complexity index is 875. The van der Waals surface area contributed by atoms with Crippen molar-refractivity contribution in [3.05, 3.63) is 35.3 Å². The number of nitrogens with zero attached hydrogens (tertiary/aromatic N) is 2. The van der Waals surface area contributed by atoms with Crippen LogP contribution >= 0.6 is 0 Å². The maximum atomic E-state index is 13.6. The molecule has 4 rings (SSSR count). The van der Waals surface area contributed by atoms with Crippen LogP contribution in [0.5, 0.6) is 0 Å². The third-order valence-electron chi connectivity index (χ3n) is 4.30. The lowest BCUT2D eigenvalue weighted by atomic mass is 9.95. The van der Waals surface area contributed by atoms with E-state index in [2.05, 4.69) is 15.4 Å². The molecule has 0 bridgehead atoms. The Kier molecular flexibility index (Phi) is 2.90. The number of H-pyrrole nitrogens is 1. The summed E-state index contributed by atoms with van der Waals surface area (Å²) in [6.45, 7) is 1.96. The molecular weight excluding hydrogens is 285 g/mol. The number of carbonyl (C=O) groups excluding carboxylic acids is 1. The van der Waals surface area contributed by atoms with Gasteiger partial charge in [0.15, 0.2) is 0 Å². The van der Waals surface area contributed by atoms with Crippen LogP contribution in [0.3, 0.4) is 0 Å². The van der Waals surface area contributed by atoms with Crippen LogP contribution in [0.15, 0.2) is 18.2 Å². The highest BCUT2D eigenvalue weighted by molar-refractivity contribution is 6.05. The van der Waals surface area contributed by atoms with Crippen molar-refractivity contribution >= 4 is 22.6 Å². The van der Waals surface area contributed by atoms with Crippen LogP contribution in [0, 0.1) is 5.82 Å². The van der Waals surface area contributed by atoms with Gasteiger partial charge >= 0.3 is 0 Å². The van der Waals surface area contributed by atoms with Crippen LogP contribution < -0.4 is 11.1 Å². The van der Waals surface area contributed by atoms with Gasteiger partial charge in [-0.2, -0.15) is 5.10 Å². The van der Waals surface area contributed by atoms with Crippen LogP contribution in [-0.4, -0.2) is 33.6 Å². The molecule has 3 aromatic rings. The zero-order valence-electron chi connectivity index (χ0n) is 11.9. The van der Waals surface area contributed by atoms with E-state index in [1.807, 2.05) is 6.07 Å². The Morgan fingerprint density at radius 2 is 2.09 bits per heavy atom. The molecule has 0 unspecified atom stereocenters. The number of nitrogens with two attached hydrogens (primary N) is 1. The minimum atomic E-state index is -0.663. The summed E-state index contributed by atoms with van der Waals surface area (Å²) in [5, 5.41) is 7.95. The number of fused-ring (bicyclic) bond motifs is 3. The first kappa shape index (κ1) is 13.3. The second kappa shape index (κ2) is 4.81. The number of hydrogen-bond donors (Lipinski definition) is 3. The van der Waals surface area contributed by atoms with Crippen molar-refractivity contribution in [3.8, 4) is 0 Å². The molecule has 1 saturated heterocycles. The number of aromatic nitrogens is 3. The molecule has 7 heteroatoms. The SMILES string of the molecule is NC(=O)c1cc(F)cc2[nH]c3cc(C4CCNCC4)nn3c12. The lowest BCUT2D eigenvalue weighted by molar-refractivity contribution is 0.100. The maximum Gasteiger partial charge on any atom is 0.251 e. The number of nitrogens with one attached hydrogen (secondary N) is 2. The van der Waals surface area contributed by atoms with Crippen molar-refractivity contribution in [2.24, 2.45) is 5.73 Å². The monoisotopic (exact) mass is 301 g/mol. The largest absolute Gasteiger partial charge is 0.366 e. The maximum absolute atomic E-state index is 13.6. The van der Waals surface area contributed by atoms with E-state index >= 15 is 0 Å². The molecule has 1 aromatic carbocycles. The predicted octanol–water partition coefficient (Wildman–Crippen LogP) is 1.52. The van der Waals surface area contributed by atoms with Crippen LogP contribution in [0.25, 0.3) is 16.7 Å². The fraction of sp³-hybridized carbons (Fsp3) is 0.333. The Hall–Kier alpha value is -2.41. The quantitative estimate of drug-likeness (QED) is 0.670. The van der Waals surface area contributed by atoms with Gasteiger partial charge in [-0.1, -0.05) is 0 Å². The molecular formula is C15H16FN5O. The lowest BCUT2D eigenvalue weighted by Gasteiger charge is -2.20. The van der Waals surface area contributed by atoms with E-state index < -0.39 is 11.7 Å². The molecule has 1 amide bonds. The van der Waals surface area contributed by atoms with E-state index in [-0.39, 0.29) is 5.56 Å². The van der Waals surface area contributed by atoms with E-state index in [0.717, 1.165) is 43.3 Å². The minimum absolute atomic E-state index is 0.140. The summed E-state index contributed by atoms with van der Waals surface area (Å²) in [4.78, 5) is 14.7. The third-order valence-corrected chi connectivity index (χ3v) is 4.30. The molecule has 3 heterocycles. The van der Waals surface area contributed by atoms with Gasteiger partial charge in [-0.15, -0.1) is 0 Å². The standard InChI is InChI=1S/C15H16FN5O/c16-9-5-10(15(17)22)14-12(6-9)19-13-7-11(20-21(13)14)8-1-3-18-4-2-8/h5-8,18-19H,1-4H2,(H2,17,22). The van der Waals surface area contributed by atoms with Gasteiger partial charge in [0.2, 0.25) is 0 Å². The molecule has 1 aliphatic heterocycles. The molecule has 1 fully saturated rings. The average Bonchev–Trinajstić information content (AvgIpc) is 3.04. The van der Waals surface area contributed by atoms with Gasteiger partial charge in [-0.25, -0.2) is 8.91 Å². The van der Waals surface area contributed by atoms with E-state index in [1.54, 1.807) is 4.52 Å². The number of hydrogen-bond acceptors (Lipinski definition) is 3. The number of piperidine rings is 1. The first-order chi connectivity index (χ1) is 10.6. The Morgan fingerprint density at radius 3 is 2.82 bits per heavy atom. The molecule has 4 N–H and O–H groups in total. The fourth-order valence-corrected chi connectivity index (χ4v) is 3.22. The number of halogens is 1. The van der Waals surface area contributed by atoms with Crippen molar-refractivity contribution in [2.45, 2.75) is 18.8 Å². The zero-order chi connectivity index (χ0) is 15.3. The number of rotatable bonds is 2. The summed E-state index contributed by atoms with van der Waals surface area (Å²) in [6, 6.07) is 4.48.